The molecule has 34 heavy (non-hydrogen) atoms. The van der Waals surface area contributed by atoms with Gasteiger partial charge in [0.15, 0.2) is 0 Å². The molecular weight excluding hydrogens is 451 g/mol. The van der Waals surface area contributed by atoms with Crippen molar-refractivity contribution in [2.75, 3.05) is 13.1 Å². The number of allylic oxidation sites excluding steroid dienone is 5. The highest BCUT2D eigenvalue weighted by atomic mass is 35.5. The van der Waals surface area contributed by atoms with Crippen LogP contribution in [0.1, 0.15) is 67.7 Å². The third-order valence-electron chi connectivity index (χ3n) is 6.09. The van der Waals surface area contributed by atoms with Gasteiger partial charge in [-0.15, -0.1) is 0 Å². The second-order valence-electron chi connectivity index (χ2n) is 9.50. The normalized spacial score (nSPS) is 16.0. The number of hydrogen-bond acceptors (Lipinski definition) is 3. The van der Waals surface area contributed by atoms with Crippen LogP contribution in [0.4, 0.5) is 4.53 Å². The molecule has 0 radical (unpaired) electrons. The second-order valence-corrected chi connectivity index (χ2v) is 9.91. The predicted octanol–water partition coefficient (Wildman–Crippen LogP) is 7.21. The lowest BCUT2D eigenvalue weighted by atomic mass is 9.89. The number of nitrogens with zero attached hydrogens (tertiary/aromatic N) is 2. The molecule has 3 rings (SSSR count). The summed E-state index contributed by atoms with van der Waals surface area (Å²) in [4.78, 5) is 23.0. The number of halogens is 2. The second kappa shape index (κ2) is 11.1. The van der Waals surface area contributed by atoms with Crippen molar-refractivity contribution in [2.45, 2.75) is 52.1 Å². The molecule has 0 unspecified atom stereocenters. The van der Waals surface area contributed by atoms with Crippen LogP contribution in [-0.4, -0.2) is 35.0 Å². The third kappa shape index (κ3) is 6.02. The van der Waals surface area contributed by atoms with Crippen LogP contribution in [0, 0.1) is 0 Å². The Kier molecular flexibility index (Phi) is 8.45. The Morgan fingerprint density at radius 2 is 1.88 bits per heavy atom. The fraction of sp³-hybridized carbons (Fsp3) is 0.357. The average Bonchev–Trinajstić information content (AvgIpc) is 2.84. The molecule has 0 N–H and O–H groups in total. The van der Waals surface area contributed by atoms with Crippen LogP contribution in [0.5, 0.6) is 0 Å². The maximum absolute atomic E-state index is 12.9. The van der Waals surface area contributed by atoms with E-state index in [4.69, 9.17) is 11.6 Å². The zero-order chi connectivity index (χ0) is 24.9. The van der Waals surface area contributed by atoms with Crippen LogP contribution in [0.2, 0.25) is 5.02 Å². The van der Waals surface area contributed by atoms with E-state index in [2.05, 4.69) is 43.3 Å². The van der Waals surface area contributed by atoms with Crippen LogP contribution in [0.3, 0.4) is 0 Å². The number of piperidine rings is 1. The van der Waals surface area contributed by atoms with Gasteiger partial charge in [0.1, 0.15) is 6.10 Å². The molecule has 2 aromatic rings. The lowest BCUT2D eigenvalue weighted by molar-refractivity contribution is -0.189. The van der Waals surface area contributed by atoms with Gasteiger partial charge in [0, 0.05) is 46.5 Å². The summed E-state index contributed by atoms with van der Waals surface area (Å²) < 4.78 is 12.4. The van der Waals surface area contributed by atoms with Crippen molar-refractivity contribution >= 4 is 28.7 Å². The Morgan fingerprint density at radius 1 is 1.18 bits per heavy atom. The molecule has 4 nitrogen and oxygen atoms in total. The molecule has 1 aromatic carbocycles. The van der Waals surface area contributed by atoms with Crippen molar-refractivity contribution < 1.29 is 14.3 Å². The Hall–Kier alpha value is -2.76. The maximum Gasteiger partial charge on any atom is 0.253 e. The number of hydrogen-bond donors (Lipinski definition) is 0. The van der Waals surface area contributed by atoms with Crippen LogP contribution >= 0.6 is 11.6 Å². The molecule has 0 spiro atoms. The Morgan fingerprint density at radius 3 is 2.44 bits per heavy atom. The van der Waals surface area contributed by atoms with E-state index >= 15 is 0 Å². The van der Waals surface area contributed by atoms with Gasteiger partial charge in [0.05, 0.1) is 0 Å². The maximum atomic E-state index is 12.9. The molecule has 2 heterocycles. The molecule has 0 atom stereocenters. The Balaban J connectivity index is 1.86. The number of benzene rings is 1. The number of aromatic nitrogens is 1. The van der Waals surface area contributed by atoms with Gasteiger partial charge in [-0.25, -0.2) is 0 Å². The first kappa shape index (κ1) is 25.9. The van der Waals surface area contributed by atoms with Gasteiger partial charge in [0.25, 0.3) is 5.91 Å². The van der Waals surface area contributed by atoms with E-state index in [1.165, 1.54) is 0 Å². The molecular formula is C28H32ClFN2O2. The highest BCUT2D eigenvalue weighted by Crippen LogP contribution is 2.31. The zero-order valence-electron chi connectivity index (χ0n) is 20.3. The number of carbonyl (C=O) groups excluding carboxylic acids is 1. The molecule has 1 aliphatic rings. The summed E-state index contributed by atoms with van der Waals surface area (Å²) >= 11 is 6.63. The monoisotopic (exact) mass is 482 g/mol. The average molecular weight is 483 g/mol. The molecule has 1 saturated heterocycles. The minimum absolute atomic E-state index is 0.0559. The summed E-state index contributed by atoms with van der Waals surface area (Å²) in [6.45, 7) is 13.3. The zero-order valence-corrected chi connectivity index (χ0v) is 21.0. The van der Waals surface area contributed by atoms with Crippen molar-refractivity contribution in [3.05, 3.63) is 88.7 Å². The van der Waals surface area contributed by atoms with Crippen LogP contribution in [0.15, 0.2) is 61.3 Å². The van der Waals surface area contributed by atoms with E-state index in [1.807, 2.05) is 37.4 Å². The van der Waals surface area contributed by atoms with Gasteiger partial charge in [0.2, 0.25) is 0 Å². The highest BCUT2D eigenvalue weighted by molar-refractivity contribution is 6.33. The summed E-state index contributed by atoms with van der Waals surface area (Å²) in [7, 11) is 0. The number of carbonyl (C=O) groups is 1. The summed E-state index contributed by atoms with van der Waals surface area (Å²) in [5.74, 6) is -0.115. The fourth-order valence-electron chi connectivity index (χ4n) is 3.98. The van der Waals surface area contributed by atoms with E-state index in [0.29, 0.717) is 36.5 Å². The van der Waals surface area contributed by atoms with E-state index in [9.17, 15) is 9.32 Å². The molecule has 6 heteroatoms. The summed E-state index contributed by atoms with van der Waals surface area (Å²) in [5, 5.41) is 0.472. The number of rotatable bonds is 6. The van der Waals surface area contributed by atoms with Crippen LogP contribution in [-0.2, 0) is 10.4 Å². The van der Waals surface area contributed by atoms with E-state index in [-0.39, 0.29) is 11.3 Å². The number of amides is 1. The molecule has 0 bridgehead atoms. The minimum Gasteiger partial charge on any atom is -0.338 e. The molecule has 1 fully saturated rings. The first-order valence-corrected chi connectivity index (χ1v) is 11.9. The van der Waals surface area contributed by atoms with Crippen LogP contribution < -0.4 is 0 Å². The predicted molar refractivity (Wildman–Crippen MR) is 137 cm³/mol. The van der Waals surface area contributed by atoms with Gasteiger partial charge in [-0.3, -0.25) is 9.78 Å². The molecule has 1 amide bonds. The molecule has 180 valence electrons. The third-order valence-corrected chi connectivity index (χ3v) is 6.40. The fourth-order valence-corrected chi connectivity index (χ4v) is 4.27. The van der Waals surface area contributed by atoms with Crippen molar-refractivity contribution in [1.82, 2.24) is 9.88 Å². The lowest BCUT2D eigenvalue weighted by Crippen LogP contribution is -2.40. The topological polar surface area (TPSA) is 42.4 Å². The van der Waals surface area contributed by atoms with E-state index < -0.39 is 6.10 Å². The summed E-state index contributed by atoms with van der Waals surface area (Å²) in [6, 6.07) is 9.40. The molecule has 1 aliphatic heterocycles. The van der Waals surface area contributed by atoms with Gasteiger partial charge >= 0.3 is 0 Å². The van der Waals surface area contributed by atoms with Gasteiger partial charge in [-0.2, -0.15) is 4.94 Å². The van der Waals surface area contributed by atoms with Gasteiger partial charge < -0.3 is 4.90 Å². The Labute approximate surface area is 206 Å². The number of likely N-dealkylation sites (tertiary alicyclic amines) is 1. The smallest absolute Gasteiger partial charge is 0.253 e. The molecule has 1 aromatic heterocycles. The standard InChI is InChI=1S/C28H32ClFN2O2/c1-6-19(21-10-13-31-26(18-21)28(3,4)5)16-20(7-2)24-9-8-22(17-25(24)29)27(33)32-14-11-23(34-30)12-15-32/h6-10,13,16-18,23H,2,11-12,14-15H2,1,3-5H3/b19-6+,20-16+. The van der Waals surface area contributed by atoms with Crippen molar-refractivity contribution in [1.29, 1.82) is 0 Å². The van der Waals surface area contributed by atoms with Gasteiger partial charge in [-0.05, 0) is 71.3 Å². The molecule has 0 aliphatic carbocycles. The van der Waals surface area contributed by atoms with Crippen molar-refractivity contribution in [3.8, 4) is 0 Å². The van der Waals surface area contributed by atoms with Gasteiger partial charge in [-0.1, -0.05) is 57.2 Å². The van der Waals surface area contributed by atoms with Crippen LogP contribution in [0.25, 0.3) is 11.1 Å². The first-order chi connectivity index (χ1) is 16.2. The van der Waals surface area contributed by atoms with E-state index in [0.717, 1.165) is 28.0 Å². The molecule has 0 saturated carbocycles. The SMILES string of the molecule is C=C/C(=C\C(=C/C)c1ccnc(C(C)(C)C)c1)c1ccc(C(=O)N2CCC(OF)CC2)cc1Cl. The Bertz CT molecular complexity index is 1110. The quantitative estimate of drug-likeness (QED) is 0.408. The highest BCUT2D eigenvalue weighted by Gasteiger charge is 2.25. The lowest BCUT2D eigenvalue weighted by Gasteiger charge is -2.30. The largest absolute Gasteiger partial charge is 0.338 e. The van der Waals surface area contributed by atoms with E-state index in [1.54, 1.807) is 23.1 Å². The first-order valence-electron chi connectivity index (χ1n) is 11.5. The van der Waals surface area contributed by atoms with Crippen molar-refractivity contribution in [3.63, 3.8) is 0 Å². The summed E-state index contributed by atoms with van der Waals surface area (Å²) in [6.07, 6.45) is 8.21. The summed E-state index contributed by atoms with van der Waals surface area (Å²) in [5.41, 5.74) is 5.20. The minimum atomic E-state index is -0.434. The van der Waals surface area contributed by atoms with Crippen molar-refractivity contribution in [2.24, 2.45) is 0 Å². The number of pyridine rings is 1.